The molecule has 2 aliphatic heterocycles. The Kier molecular flexibility index (Phi) is 3.78. The van der Waals surface area contributed by atoms with E-state index in [2.05, 4.69) is 48.4 Å². The minimum Gasteiger partial charge on any atom is -0.365 e. The number of amides is 4. The Hall–Kier alpha value is -2.89. The quantitative estimate of drug-likeness (QED) is 0.608. The maximum atomic E-state index is 11.9. The van der Waals surface area contributed by atoms with Gasteiger partial charge >= 0.3 is 6.03 Å². The van der Waals surface area contributed by atoms with Crippen LogP contribution in [-0.2, 0) is 9.59 Å². The van der Waals surface area contributed by atoms with Gasteiger partial charge in [0.1, 0.15) is 5.57 Å². The molecule has 2 heterocycles. The van der Waals surface area contributed by atoms with Crippen LogP contribution in [0.5, 0.6) is 0 Å². The summed E-state index contributed by atoms with van der Waals surface area (Å²) in [6.07, 6.45) is 3.72. The van der Waals surface area contributed by atoms with Crippen LogP contribution in [0.25, 0.3) is 11.6 Å². The zero-order chi connectivity index (χ0) is 18.5. The maximum Gasteiger partial charge on any atom is 0.328 e. The molecular formula is C19H21N3O3. The highest BCUT2D eigenvalue weighted by Gasteiger charge is 2.30. The van der Waals surface area contributed by atoms with Crippen molar-refractivity contribution in [2.75, 3.05) is 11.9 Å². The number of benzene rings is 1. The van der Waals surface area contributed by atoms with Crippen molar-refractivity contribution in [3.63, 3.8) is 0 Å². The molecule has 2 aliphatic rings. The number of nitrogens with one attached hydrogen (secondary N) is 2. The lowest BCUT2D eigenvalue weighted by Crippen LogP contribution is -2.51. The Morgan fingerprint density at radius 2 is 1.64 bits per heavy atom. The molecular weight excluding hydrogens is 318 g/mol. The Morgan fingerprint density at radius 1 is 1.04 bits per heavy atom. The number of aryl methyl sites for hydroxylation is 1. The van der Waals surface area contributed by atoms with Crippen molar-refractivity contribution in [1.29, 1.82) is 0 Å². The van der Waals surface area contributed by atoms with Crippen LogP contribution in [0.4, 0.5) is 10.5 Å². The number of allylic oxidation sites excluding steroid dienone is 1. The summed E-state index contributed by atoms with van der Waals surface area (Å²) in [7, 11) is 2.05. The number of anilines is 1. The molecule has 0 unspecified atom stereocenters. The molecule has 4 amide bonds. The van der Waals surface area contributed by atoms with Gasteiger partial charge in [-0.25, -0.2) is 4.79 Å². The molecule has 0 radical (unpaired) electrons. The fraction of sp³-hybridized carbons (Fsp3) is 0.316. The molecule has 0 spiro atoms. The second-order valence-electron chi connectivity index (χ2n) is 7.06. The molecule has 6 nitrogen and oxygen atoms in total. The van der Waals surface area contributed by atoms with Gasteiger partial charge in [0.25, 0.3) is 11.8 Å². The van der Waals surface area contributed by atoms with Crippen molar-refractivity contribution >= 4 is 35.2 Å². The summed E-state index contributed by atoms with van der Waals surface area (Å²) in [6.45, 7) is 8.29. The number of carbonyl (C=O) groups excluding carboxylic acids is 3. The molecule has 130 valence electrons. The normalized spacial score (nSPS) is 19.1. The van der Waals surface area contributed by atoms with E-state index >= 15 is 0 Å². The van der Waals surface area contributed by atoms with Gasteiger partial charge in [-0.05, 0) is 62.6 Å². The molecule has 1 saturated heterocycles. The number of fused-ring (bicyclic) bond motifs is 1. The smallest absolute Gasteiger partial charge is 0.328 e. The van der Waals surface area contributed by atoms with E-state index in [1.165, 1.54) is 6.08 Å². The van der Waals surface area contributed by atoms with Gasteiger partial charge in [-0.15, -0.1) is 0 Å². The molecule has 3 rings (SSSR count). The van der Waals surface area contributed by atoms with Gasteiger partial charge in [-0.2, -0.15) is 0 Å². The molecule has 0 atom stereocenters. The number of rotatable bonds is 1. The Labute approximate surface area is 146 Å². The van der Waals surface area contributed by atoms with E-state index in [0.717, 1.165) is 28.0 Å². The summed E-state index contributed by atoms with van der Waals surface area (Å²) in [4.78, 5) is 37.3. The van der Waals surface area contributed by atoms with Gasteiger partial charge in [0.05, 0.1) is 5.54 Å². The number of imide groups is 2. The number of urea groups is 1. The van der Waals surface area contributed by atoms with Crippen LogP contribution in [-0.4, -0.2) is 30.4 Å². The first-order valence-electron chi connectivity index (χ1n) is 8.07. The first-order chi connectivity index (χ1) is 11.6. The number of hydrogen-bond acceptors (Lipinski definition) is 4. The van der Waals surface area contributed by atoms with E-state index in [4.69, 9.17) is 0 Å². The van der Waals surface area contributed by atoms with Crippen LogP contribution >= 0.6 is 0 Å². The van der Waals surface area contributed by atoms with E-state index in [9.17, 15) is 14.4 Å². The van der Waals surface area contributed by atoms with Gasteiger partial charge < -0.3 is 4.90 Å². The number of hydrogen-bond donors (Lipinski definition) is 2. The second kappa shape index (κ2) is 5.58. The second-order valence-corrected chi connectivity index (χ2v) is 7.06. The number of likely N-dealkylation sites (N-methyl/N-ethyl adjacent to an activating group) is 1. The van der Waals surface area contributed by atoms with Crippen LogP contribution in [0.3, 0.4) is 0 Å². The third-order valence-corrected chi connectivity index (χ3v) is 4.85. The highest BCUT2D eigenvalue weighted by Crippen LogP contribution is 2.39. The van der Waals surface area contributed by atoms with Crippen molar-refractivity contribution in [1.82, 2.24) is 10.6 Å². The van der Waals surface area contributed by atoms with Gasteiger partial charge in [0.2, 0.25) is 0 Å². The molecule has 0 saturated carbocycles. The van der Waals surface area contributed by atoms with Crippen molar-refractivity contribution in [2.45, 2.75) is 33.2 Å². The molecule has 25 heavy (non-hydrogen) atoms. The average Bonchev–Trinajstić information content (AvgIpc) is 2.49. The van der Waals surface area contributed by atoms with Crippen LogP contribution in [0.15, 0.2) is 23.8 Å². The van der Waals surface area contributed by atoms with Gasteiger partial charge in [-0.3, -0.25) is 20.2 Å². The molecule has 0 aliphatic carbocycles. The standard InChI is InChI=1S/C19H21N3O3/c1-10-6-15-13(11(2)9-19(3,4)22(15)5)7-12(10)8-14-16(23)20-18(25)21-17(14)24/h6-9H,1-5H3,(H2,20,21,23,24,25). The summed E-state index contributed by atoms with van der Waals surface area (Å²) in [5, 5.41) is 4.18. The van der Waals surface area contributed by atoms with Crippen LogP contribution in [0.1, 0.15) is 37.5 Å². The van der Waals surface area contributed by atoms with E-state index in [-0.39, 0.29) is 11.1 Å². The average molecular weight is 339 g/mol. The summed E-state index contributed by atoms with van der Waals surface area (Å²) < 4.78 is 0. The fourth-order valence-corrected chi connectivity index (χ4v) is 3.24. The van der Waals surface area contributed by atoms with Crippen molar-refractivity contribution in [2.24, 2.45) is 0 Å². The molecule has 1 aromatic rings. The number of carbonyl (C=O) groups is 3. The molecule has 2 N–H and O–H groups in total. The molecule has 1 fully saturated rings. The highest BCUT2D eigenvalue weighted by atomic mass is 16.2. The van der Waals surface area contributed by atoms with E-state index in [1.807, 2.05) is 20.0 Å². The topological polar surface area (TPSA) is 78.5 Å². The van der Waals surface area contributed by atoms with Crippen LogP contribution in [0, 0.1) is 6.92 Å². The minimum absolute atomic E-state index is 0.0752. The largest absolute Gasteiger partial charge is 0.365 e. The van der Waals surface area contributed by atoms with E-state index in [1.54, 1.807) is 0 Å². The number of nitrogens with zero attached hydrogens (tertiary/aromatic N) is 1. The third kappa shape index (κ3) is 2.84. The SMILES string of the molecule is CC1=CC(C)(C)N(C)c2cc(C)c(C=C3C(=O)NC(=O)NC3=O)cc21. The predicted octanol–water partition coefficient (Wildman–Crippen LogP) is 2.38. The Bertz CT molecular complexity index is 856. The highest BCUT2D eigenvalue weighted by molar-refractivity contribution is 6.31. The summed E-state index contributed by atoms with van der Waals surface area (Å²) in [6, 6.07) is 3.24. The lowest BCUT2D eigenvalue weighted by atomic mass is 9.87. The number of barbiturate groups is 1. The Balaban J connectivity index is 2.10. The zero-order valence-electron chi connectivity index (χ0n) is 15.0. The van der Waals surface area contributed by atoms with Crippen molar-refractivity contribution < 1.29 is 14.4 Å². The van der Waals surface area contributed by atoms with Gasteiger partial charge in [0, 0.05) is 18.3 Å². The summed E-state index contributed by atoms with van der Waals surface area (Å²) in [5.41, 5.74) is 4.87. The monoisotopic (exact) mass is 339 g/mol. The fourth-order valence-electron chi connectivity index (χ4n) is 3.24. The first kappa shape index (κ1) is 17.0. The lowest BCUT2D eigenvalue weighted by molar-refractivity contribution is -0.123. The van der Waals surface area contributed by atoms with Crippen LogP contribution in [0.2, 0.25) is 0 Å². The third-order valence-electron chi connectivity index (χ3n) is 4.85. The molecule has 1 aromatic carbocycles. The van der Waals surface area contributed by atoms with Gasteiger partial charge in [0.15, 0.2) is 0 Å². The van der Waals surface area contributed by atoms with Crippen molar-refractivity contribution in [3.8, 4) is 0 Å². The Morgan fingerprint density at radius 3 is 2.24 bits per heavy atom. The summed E-state index contributed by atoms with van der Waals surface area (Å²) in [5.74, 6) is -1.37. The predicted molar refractivity (Wildman–Crippen MR) is 97.0 cm³/mol. The zero-order valence-corrected chi connectivity index (χ0v) is 15.0. The van der Waals surface area contributed by atoms with Crippen LogP contribution < -0.4 is 15.5 Å². The minimum atomic E-state index is -0.794. The maximum absolute atomic E-state index is 11.9. The molecule has 6 heteroatoms. The lowest BCUT2D eigenvalue weighted by Gasteiger charge is -2.41. The van der Waals surface area contributed by atoms with E-state index in [0.29, 0.717) is 0 Å². The van der Waals surface area contributed by atoms with Crippen molar-refractivity contribution in [3.05, 3.63) is 40.5 Å². The summed E-state index contributed by atoms with van der Waals surface area (Å²) >= 11 is 0. The molecule has 0 aromatic heterocycles. The molecule has 0 bridgehead atoms. The van der Waals surface area contributed by atoms with Gasteiger partial charge in [-0.1, -0.05) is 6.08 Å². The van der Waals surface area contributed by atoms with E-state index < -0.39 is 17.8 Å². The first-order valence-corrected chi connectivity index (χ1v) is 8.07.